The van der Waals surface area contributed by atoms with Gasteiger partial charge in [-0.25, -0.2) is 4.79 Å². The van der Waals surface area contributed by atoms with E-state index >= 15 is 0 Å². The van der Waals surface area contributed by atoms with Gasteiger partial charge in [-0.15, -0.1) is 0 Å². The van der Waals surface area contributed by atoms with Gasteiger partial charge in [0, 0.05) is 5.69 Å². The molecule has 0 saturated carbocycles. The summed E-state index contributed by atoms with van der Waals surface area (Å²) in [7, 11) is 1.48. The smallest absolute Gasteiger partial charge is 0.339 e. The van der Waals surface area contributed by atoms with E-state index in [0.29, 0.717) is 36.1 Å². The average molecular weight is 399 g/mol. The Morgan fingerprint density at radius 1 is 1.07 bits per heavy atom. The number of nitrogens with one attached hydrogen (secondary N) is 1. The van der Waals surface area contributed by atoms with Gasteiger partial charge in [-0.05, 0) is 36.6 Å². The summed E-state index contributed by atoms with van der Waals surface area (Å²) in [5.41, 5.74) is 1.93. The van der Waals surface area contributed by atoms with E-state index in [0.717, 1.165) is 5.56 Å². The molecule has 29 heavy (non-hydrogen) atoms. The molecule has 154 valence electrons. The van der Waals surface area contributed by atoms with Gasteiger partial charge in [0.25, 0.3) is 5.91 Å². The fourth-order valence-electron chi connectivity index (χ4n) is 3.02. The molecule has 2 aromatic carbocycles. The zero-order valence-electron chi connectivity index (χ0n) is 17.0. The van der Waals surface area contributed by atoms with Gasteiger partial charge in [-0.3, -0.25) is 4.79 Å². The third-order valence-electron chi connectivity index (χ3n) is 4.56. The van der Waals surface area contributed by atoms with Crippen LogP contribution in [0, 0.1) is 0 Å². The molecule has 0 spiro atoms. The van der Waals surface area contributed by atoms with E-state index in [9.17, 15) is 9.59 Å². The van der Waals surface area contributed by atoms with Crippen LogP contribution in [0.1, 0.15) is 42.6 Å². The fraction of sp³-hybridized carbons (Fsp3) is 0.364. The Morgan fingerprint density at radius 2 is 1.79 bits per heavy atom. The van der Waals surface area contributed by atoms with E-state index in [1.165, 1.54) is 26.2 Å². The Labute approximate surface area is 169 Å². The van der Waals surface area contributed by atoms with Gasteiger partial charge in [-0.1, -0.05) is 32.0 Å². The highest BCUT2D eigenvalue weighted by molar-refractivity contribution is 5.98. The first kappa shape index (κ1) is 20.5. The lowest BCUT2D eigenvalue weighted by Gasteiger charge is -2.21. The minimum atomic E-state index is -0.984. The van der Waals surface area contributed by atoms with Crippen LogP contribution in [0.4, 0.5) is 5.69 Å². The SMILES string of the molecule is COc1cc(C(=O)O[C@H](C)C(=O)Nc2ccccc2C(C)C)cc2c1OCCO2. The number of para-hydroxylation sites is 1. The largest absolute Gasteiger partial charge is 0.493 e. The lowest BCUT2D eigenvalue weighted by atomic mass is 10.0. The minimum absolute atomic E-state index is 0.216. The molecule has 1 heterocycles. The van der Waals surface area contributed by atoms with E-state index in [-0.39, 0.29) is 11.5 Å². The normalized spacial score (nSPS) is 13.6. The van der Waals surface area contributed by atoms with E-state index in [2.05, 4.69) is 5.32 Å². The Kier molecular flexibility index (Phi) is 6.26. The summed E-state index contributed by atoms with van der Waals surface area (Å²) in [6.45, 7) is 6.40. The number of fused-ring (bicyclic) bond motifs is 1. The number of carbonyl (C=O) groups excluding carboxylic acids is 2. The van der Waals surface area contributed by atoms with Gasteiger partial charge in [0.2, 0.25) is 5.75 Å². The summed E-state index contributed by atoms with van der Waals surface area (Å²) in [5.74, 6) is 0.416. The maximum absolute atomic E-state index is 12.6. The van der Waals surface area contributed by atoms with E-state index in [1.807, 2.05) is 38.1 Å². The second-order valence-corrected chi connectivity index (χ2v) is 6.98. The Morgan fingerprint density at radius 3 is 2.52 bits per heavy atom. The van der Waals surface area contributed by atoms with Gasteiger partial charge < -0.3 is 24.3 Å². The van der Waals surface area contributed by atoms with Crippen molar-refractivity contribution in [2.45, 2.75) is 32.8 Å². The topological polar surface area (TPSA) is 83.1 Å². The van der Waals surface area contributed by atoms with E-state index in [1.54, 1.807) is 0 Å². The number of rotatable bonds is 6. The molecule has 3 rings (SSSR count). The van der Waals surface area contributed by atoms with Crippen molar-refractivity contribution in [1.29, 1.82) is 0 Å². The Bertz CT molecular complexity index is 891. The molecule has 0 unspecified atom stereocenters. The van der Waals surface area contributed by atoms with Crippen molar-refractivity contribution < 1.29 is 28.5 Å². The number of carbonyl (C=O) groups is 2. The first-order chi connectivity index (χ1) is 13.9. The number of amides is 1. The molecule has 2 aromatic rings. The first-order valence-electron chi connectivity index (χ1n) is 9.49. The van der Waals surface area contributed by atoms with Gasteiger partial charge in [0.05, 0.1) is 12.7 Å². The quantitative estimate of drug-likeness (QED) is 0.745. The standard InChI is InChI=1S/C22H25NO6/c1-13(2)16-7-5-6-8-17(16)23-21(24)14(3)29-22(25)15-11-18(26-4)20-19(12-15)27-9-10-28-20/h5-8,11-14H,9-10H2,1-4H3,(H,23,24)/t14-/m1/s1. The molecule has 1 amide bonds. The third-order valence-corrected chi connectivity index (χ3v) is 4.56. The van der Waals surface area contributed by atoms with Crippen LogP contribution in [0.5, 0.6) is 17.2 Å². The van der Waals surface area contributed by atoms with Crippen molar-refractivity contribution in [3.05, 3.63) is 47.5 Å². The van der Waals surface area contributed by atoms with Crippen LogP contribution in [0.15, 0.2) is 36.4 Å². The molecule has 0 bridgehead atoms. The van der Waals surface area contributed by atoms with Gasteiger partial charge in [-0.2, -0.15) is 0 Å². The highest BCUT2D eigenvalue weighted by atomic mass is 16.6. The molecule has 7 nitrogen and oxygen atoms in total. The molecular weight excluding hydrogens is 374 g/mol. The molecule has 7 heteroatoms. The average Bonchev–Trinajstić information content (AvgIpc) is 2.72. The van der Waals surface area contributed by atoms with Gasteiger partial charge in [0.15, 0.2) is 17.6 Å². The van der Waals surface area contributed by atoms with Crippen molar-refractivity contribution in [3.63, 3.8) is 0 Å². The number of methoxy groups -OCH3 is 1. The lowest BCUT2D eigenvalue weighted by molar-refractivity contribution is -0.123. The van der Waals surface area contributed by atoms with Gasteiger partial charge in [0.1, 0.15) is 13.2 Å². The van der Waals surface area contributed by atoms with E-state index in [4.69, 9.17) is 18.9 Å². The molecule has 1 atom stereocenters. The maximum Gasteiger partial charge on any atom is 0.339 e. The molecule has 1 aliphatic heterocycles. The zero-order chi connectivity index (χ0) is 21.0. The Balaban J connectivity index is 1.71. The van der Waals surface area contributed by atoms with E-state index < -0.39 is 18.0 Å². The molecule has 0 aliphatic carbocycles. The number of benzene rings is 2. The fourth-order valence-corrected chi connectivity index (χ4v) is 3.02. The number of anilines is 1. The first-order valence-corrected chi connectivity index (χ1v) is 9.49. The summed E-state index contributed by atoms with van der Waals surface area (Å²) in [6, 6.07) is 10.6. The second kappa shape index (κ2) is 8.86. The minimum Gasteiger partial charge on any atom is -0.493 e. The lowest BCUT2D eigenvalue weighted by Crippen LogP contribution is -2.30. The predicted molar refractivity (Wildman–Crippen MR) is 108 cm³/mol. The highest BCUT2D eigenvalue weighted by Gasteiger charge is 2.24. The van der Waals surface area contributed by atoms with Crippen LogP contribution >= 0.6 is 0 Å². The van der Waals surface area contributed by atoms with Gasteiger partial charge >= 0.3 is 5.97 Å². The van der Waals surface area contributed by atoms with Crippen LogP contribution in [0.2, 0.25) is 0 Å². The maximum atomic E-state index is 12.6. The zero-order valence-corrected chi connectivity index (χ0v) is 17.0. The van der Waals surface area contributed by atoms with Crippen molar-refractivity contribution in [1.82, 2.24) is 0 Å². The molecular formula is C22H25NO6. The second-order valence-electron chi connectivity index (χ2n) is 6.98. The Hall–Kier alpha value is -3.22. The molecule has 1 aliphatic rings. The van der Waals surface area contributed by atoms with Crippen LogP contribution in [0.3, 0.4) is 0 Å². The molecule has 0 fully saturated rings. The highest BCUT2D eigenvalue weighted by Crippen LogP contribution is 2.40. The van der Waals surface area contributed by atoms with Crippen LogP contribution < -0.4 is 19.5 Å². The van der Waals surface area contributed by atoms with Crippen molar-refractivity contribution in [2.24, 2.45) is 0 Å². The summed E-state index contributed by atoms with van der Waals surface area (Å²) < 4.78 is 21.7. The van der Waals surface area contributed by atoms with Crippen LogP contribution in [-0.4, -0.2) is 38.3 Å². The molecule has 1 N–H and O–H groups in total. The number of ether oxygens (including phenoxy) is 4. The summed E-state index contributed by atoms with van der Waals surface area (Å²) >= 11 is 0. The predicted octanol–water partition coefficient (Wildman–Crippen LogP) is 3.77. The van der Waals surface area contributed by atoms with Crippen LogP contribution in [0.25, 0.3) is 0 Å². The summed E-state index contributed by atoms with van der Waals surface area (Å²) in [5, 5.41) is 2.84. The van der Waals surface area contributed by atoms with Crippen molar-refractivity contribution in [3.8, 4) is 17.2 Å². The van der Waals surface area contributed by atoms with Crippen LogP contribution in [-0.2, 0) is 9.53 Å². The summed E-state index contributed by atoms with van der Waals surface area (Å²) in [6.07, 6.45) is -0.984. The number of hydrogen-bond acceptors (Lipinski definition) is 6. The monoisotopic (exact) mass is 399 g/mol. The number of esters is 1. The van der Waals surface area contributed by atoms with Crippen molar-refractivity contribution in [2.75, 3.05) is 25.6 Å². The molecule has 0 radical (unpaired) electrons. The third kappa shape index (κ3) is 4.62. The molecule has 0 saturated heterocycles. The molecule has 0 aromatic heterocycles. The van der Waals surface area contributed by atoms with Crippen molar-refractivity contribution >= 4 is 17.6 Å². The summed E-state index contributed by atoms with van der Waals surface area (Å²) in [4.78, 5) is 25.1. The number of hydrogen-bond donors (Lipinski definition) is 1.